The van der Waals surface area contributed by atoms with Gasteiger partial charge in [-0.15, -0.1) is 0 Å². The van der Waals surface area contributed by atoms with Crippen LogP contribution >= 0.6 is 0 Å². The lowest BCUT2D eigenvalue weighted by atomic mass is 10.2. The van der Waals surface area contributed by atoms with Crippen LogP contribution in [0.25, 0.3) is 0 Å². The fourth-order valence-electron chi connectivity index (χ4n) is 1.90. The zero-order valence-corrected chi connectivity index (χ0v) is 12.0. The first kappa shape index (κ1) is 14.2. The Labute approximate surface area is 119 Å². The summed E-state index contributed by atoms with van der Waals surface area (Å²) in [6.07, 6.45) is 0. The first-order valence-corrected chi connectivity index (χ1v) is 6.37. The van der Waals surface area contributed by atoms with Gasteiger partial charge >= 0.3 is 0 Å². The second-order valence-corrected chi connectivity index (χ2v) is 4.43. The normalized spacial score (nSPS) is 10.2. The Morgan fingerprint density at radius 1 is 0.900 bits per heavy atom. The largest absolute Gasteiger partial charge is 0.497 e. The smallest absolute Gasteiger partial charge is 0.169 e. The highest BCUT2D eigenvalue weighted by atomic mass is 16.5. The molecule has 2 N–H and O–H groups in total. The highest BCUT2D eigenvalue weighted by Gasteiger charge is 2.10. The van der Waals surface area contributed by atoms with E-state index in [0.29, 0.717) is 23.8 Å². The standard InChI is InChI=1S/C16H19NO3/c1-11-4-7-14(16(8-11)19-3)20-15-9-13(18-2)6-5-12(15)10-17/h4-9H,10,17H2,1-3H3. The Morgan fingerprint density at radius 2 is 1.70 bits per heavy atom. The SMILES string of the molecule is COc1ccc(CN)c(Oc2ccc(C)cc2OC)c1. The molecule has 0 fully saturated rings. The minimum atomic E-state index is 0.396. The van der Waals surface area contributed by atoms with E-state index < -0.39 is 0 Å². The highest BCUT2D eigenvalue weighted by Crippen LogP contribution is 2.35. The summed E-state index contributed by atoms with van der Waals surface area (Å²) in [7, 11) is 3.24. The van der Waals surface area contributed by atoms with Crippen molar-refractivity contribution in [3.63, 3.8) is 0 Å². The summed E-state index contributed by atoms with van der Waals surface area (Å²) < 4.78 is 16.5. The molecule has 2 aromatic rings. The maximum Gasteiger partial charge on any atom is 0.169 e. The molecule has 0 bridgehead atoms. The number of rotatable bonds is 5. The van der Waals surface area contributed by atoms with E-state index >= 15 is 0 Å². The molecule has 0 spiro atoms. The molecule has 0 heterocycles. The van der Waals surface area contributed by atoms with Crippen LogP contribution < -0.4 is 19.9 Å². The summed E-state index contributed by atoms with van der Waals surface area (Å²) in [5.74, 6) is 2.74. The first-order valence-electron chi connectivity index (χ1n) is 6.37. The Morgan fingerprint density at radius 3 is 2.35 bits per heavy atom. The summed E-state index contributed by atoms with van der Waals surface area (Å²) in [5, 5.41) is 0. The fraction of sp³-hybridized carbons (Fsp3) is 0.250. The van der Waals surface area contributed by atoms with Gasteiger partial charge in [-0.2, -0.15) is 0 Å². The predicted octanol–water partition coefficient (Wildman–Crippen LogP) is 3.26. The summed E-state index contributed by atoms with van der Waals surface area (Å²) in [4.78, 5) is 0. The molecular formula is C16H19NO3. The third kappa shape index (κ3) is 3.03. The lowest BCUT2D eigenvalue weighted by Gasteiger charge is -2.14. The van der Waals surface area contributed by atoms with Crippen molar-refractivity contribution in [2.24, 2.45) is 5.73 Å². The molecule has 0 saturated carbocycles. The van der Waals surface area contributed by atoms with Gasteiger partial charge in [0.15, 0.2) is 11.5 Å². The lowest BCUT2D eigenvalue weighted by Crippen LogP contribution is -2.00. The van der Waals surface area contributed by atoms with Crippen LogP contribution in [0.3, 0.4) is 0 Å². The van der Waals surface area contributed by atoms with Crippen molar-refractivity contribution in [1.29, 1.82) is 0 Å². The van der Waals surface area contributed by atoms with E-state index in [1.807, 2.05) is 43.3 Å². The first-order chi connectivity index (χ1) is 9.67. The van der Waals surface area contributed by atoms with Crippen molar-refractivity contribution >= 4 is 0 Å². The number of methoxy groups -OCH3 is 2. The Balaban J connectivity index is 2.38. The topological polar surface area (TPSA) is 53.7 Å². The van der Waals surface area contributed by atoms with Gasteiger partial charge in [-0.1, -0.05) is 12.1 Å². The van der Waals surface area contributed by atoms with Crippen molar-refractivity contribution in [3.05, 3.63) is 47.5 Å². The monoisotopic (exact) mass is 273 g/mol. The maximum absolute atomic E-state index is 5.93. The van der Waals surface area contributed by atoms with Gasteiger partial charge in [0.05, 0.1) is 14.2 Å². The van der Waals surface area contributed by atoms with E-state index in [1.165, 1.54) is 0 Å². The number of hydrogen-bond acceptors (Lipinski definition) is 4. The molecule has 0 saturated heterocycles. The molecule has 2 aromatic carbocycles. The third-order valence-corrected chi connectivity index (χ3v) is 3.03. The van der Waals surface area contributed by atoms with Crippen LogP contribution in [-0.4, -0.2) is 14.2 Å². The van der Waals surface area contributed by atoms with Gasteiger partial charge in [-0.25, -0.2) is 0 Å². The summed E-state index contributed by atoms with van der Waals surface area (Å²) >= 11 is 0. The van der Waals surface area contributed by atoms with Crippen LogP contribution in [0, 0.1) is 6.92 Å². The minimum Gasteiger partial charge on any atom is -0.497 e. The molecule has 0 unspecified atom stereocenters. The maximum atomic E-state index is 5.93. The van der Waals surface area contributed by atoms with Crippen LogP contribution in [0.15, 0.2) is 36.4 Å². The van der Waals surface area contributed by atoms with Gasteiger partial charge in [0.2, 0.25) is 0 Å². The molecule has 0 amide bonds. The van der Waals surface area contributed by atoms with E-state index in [4.69, 9.17) is 19.9 Å². The zero-order valence-electron chi connectivity index (χ0n) is 12.0. The van der Waals surface area contributed by atoms with Gasteiger partial charge < -0.3 is 19.9 Å². The van der Waals surface area contributed by atoms with Crippen molar-refractivity contribution < 1.29 is 14.2 Å². The molecule has 0 aliphatic carbocycles. The highest BCUT2D eigenvalue weighted by molar-refractivity contribution is 5.48. The van der Waals surface area contributed by atoms with E-state index in [-0.39, 0.29) is 0 Å². The molecular weight excluding hydrogens is 254 g/mol. The molecule has 20 heavy (non-hydrogen) atoms. The average molecular weight is 273 g/mol. The van der Waals surface area contributed by atoms with Crippen LogP contribution in [0.4, 0.5) is 0 Å². The number of benzene rings is 2. The van der Waals surface area contributed by atoms with Gasteiger partial charge in [0.25, 0.3) is 0 Å². The Kier molecular flexibility index (Phi) is 4.48. The van der Waals surface area contributed by atoms with E-state index in [9.17, 15) is 0 Å². The molecule has 0 atom stereocenters. The molecule has 0 aliphatic rings. The summed E-state index contributed by atoms with van der Waals surface area (Å²) in [5.41, 5.74) is 7.76. The van der Waals surface area contributed by atoms with Gasteiger partial charge in [0, 0.05) is 18.2 Å². The fourth-order valence-corrected chi connectivity index (χ4v) is 1.90. The molecule has 106 valence electrons. The van der Waals surface area contributed by atoms with E-state index in [0.717, 1.165) is 16.9 Å². The van der Waals surface area contributed by atoms with Crippen molar-refractivity contribution in [3.8, 4) is 23.0 Å². The number of nitrogens with two attached hydrogens (primary N) is 1. The van der Waals surface area contributed by atoms with E-state index in [2.05, 4.69) is 0 Å². The number of ether oxygens (including phenoxy) is 3. The molecule has 4 heteroatoms. The summed E-state index contributed by atoms with van der Waals surface area (Å²) in [6, 6.07) is 11.4. The van der Waals surface area contributed by atoms with Crippen LogP contribution in [-0.2, 0) is 6.54 Å². The van der Waals surface area contributed by atoms with Crippen molar-refractivity contribution in [2.45, 2.75) is 13.5 Å². The number of hydrogen-bond donors (Lipinski definition) is 1. The minimum absolute atomic E-state index is 0.396. The molecule has 4 nitrogen and oxygen atoms in total. The van der Waals surface area contributed by atoms with Gasteiger partial charge in [0.1, 0.15) is 11.5 Å². The molecule has 0 radical (unpaired) electrons. The predicted molar refractivity (Wildman–Crippen MR) is 78.7 cm³/mol. The molecule has 0 aromatic heterocycles. The van der Waals surface area contributed by atoms with Crippen molar-refractivity contribution in [2.75, 3.05) is 14.2 Å². The van der Waals surface area contributed by atoms with Crippen molar-refractivity contribution in [1.82, 2.24) is 0 Å². The van der Waals surface area contributed by atoms with Crippen LogP contribution in [0.2, 0.25) is 0 Å². The molecule has 0 aliphatic heterocycles. The van der Waals surface area contributed by atoms with Gasteiger partial charge in [-0.3, -0.25) is 0 Å². The lowest BCUT2D eigenvalue weighted by molar-refractivity contribution is 0.374. The van der Waals surface area contributed by atoms with Gasteiger partial charge in [-0.05, 0) is 30.7 Å². The zero-order chi connectivity index (χ0) is 14.5. The third-order valence-electron chi connectivity index (χ3n) is 3.03. The molecule has 2 rings (SSSR count). The van der Waals surface area contributed by atoms with E-state index in [1.54, 1.807) is 14.2 Å². The van der Waals surface area contributed by atoms with Crippen LogP contribution in [0.1, 0.15) is 11.1 Å². The second kappa shape index (κ2) is 6.30. The quantitative estimate of drug-likeness (QED) is 0.908. The average Bonchev–Trinajstić information content (AvgIpc) is 2.48. The number of aryl methyl sites for hydroxylation is 1. The second-order valence-electron chi connectivity index (χ2n) is 4.43. The summed E-state index contributed by atoms with van der Waals surface area (Å²) in [6.45, 7) is 2.40. The van der Waals surface area contributed by atoms with Crippen LogP contribution in [0.5, 0.6) is 23.0 Å². The Hall–Kier alpha value is -2.20. The Bertz CT molecular complexity index is 596.